The summed E-state index contributed by atoms with van der Waals surface area (Å²) in [7, 11) is 4.61. The molecule has 0 bridgehead atoms. The third-order valence-corrected chi connectivity index (χ3v) is 4.48. The first-order valence-electron chi connectivity index (χ1n) is 6.86. The molecule has 120 valence electrons. The van der Waals surface area contributed by atoms with Crippen LogP contribution < -0.4 is 16.0 Å². The highest BCUT2D eigenvalue weighted by atomic mass is 32.2. The highest BCUT2D eigenvalue weighted by molar-refractivity contribution is 7.98. The molecule has 0 aliphatic heterocycles. The Morgan fingerprint density at radius 2 is 1.96 bits per heavy atom. The van der Waals surface area contributed by atoms with E-state index in [1.807, 2.05) is 24.5 Å². The zero-order valence-electron chi connectivity index (χ0n) is 13.2. The third kappa shape index (κ3) is 2.35. The van der Waals surface area contributed by atoms with Crippen LogP contribution in [0.25, 0.3) is 22.6 Å². The van der Waals surface area contributed by atoms with Crippen LogP contribution in [0.3, 0.4) is 0 Å². The molecule has 23 heavy (non-hydrogen) atoms. The quantitative estimate of drug-likeness (QED) is 0.732. The van der Waals surface area contributed by atoms with Gasteiger partial charge < -0.3 is 9.72 Å². The number of ether oxygens (including phenoxy) is 1. The van der Waals surface area contributed by atoms with Crippen LogP contribution >= 0.6 is 11.8 Å². The van der Waals surface area contributed by atoms with Gasteiger partial charge in [-0.15, -0.1) is 11.8 Å². The van der Waals surface area contributed by atoms with Gasteiger partial charge in [0.1, 0.15) is 17.1 Å². The summed E-state index contributed by atoms with van der Waals surface area (Å²) in [5.41, 5.74) is 0.535. The molecule has 0 radical (unpaired) electrons. The first kappa shape index (κ1) is 15.4. The molecule has 1 aromatic carbocycles. The fourth-order valence-electron chi connectivity index (χ4n) is 2.45. The van der Waals surface area contributed by atoms with Crippen LogP contribution in [0.1, 0.15) is 0 Å². The molecule has 7 nitrogen and oxygen atoms in total. The van der Waals surface area contributed by atoms with E-state index in [-0.39, 0.29) is 0 Å². The second-order valence-electron chi connectivity index (χ2n) is 5.06. The molecule has 8 heteroatoms. The second-order valence-corrected chi connectivity index (χ2v) is 5.94. The molecular formula is C15H16N4O3S. The second kappa shape index (κ2) is 5.62. The largest absolute Gasteiger partial charge is 0.496 e. The van der Waals surface area contributed by atoms with Gasteiger partial charge in [-0.25, -0.2) is 9.78 Å². The molecule has 1 N–H and O–H groups in total. The van der Waals surface area contributed by atoms with E-state index in [4.69, 9.17) is 4.74 Å². The summed E-state index contributed by atoms with van der Waals surface area (Å²) in [5.74, 6) is 1.14. The van der Waals surface area contributed by atoms with Crippen LogP contribution in [-0.4, -0.2) is 32.5 Å². The van der Waals surface area contributed by atoms with Crippen LogP contribution in [0, 0.1) is 0 Å². The molecule has 3 rings (SSSR count). The maximum atomic E-state index is 12.2. The summed E-state index contributed by atoms with van der Waals surface area (Å²) in [6, 6.07) is 5.74. The van der Waals surface area contributed by atoms with Crippen LogP contribution in [-0.2, 0) is 14.1 Å². The van der Waals surface area contributed by atoms with Crippen molar-refractivity contribution >= 4 is 22.9 Å². The summed E-state index contributed by atoms with van der Waals surface area (Å²) in [4.78, 5) is 32.7. The Labute approximate surface area is 135 Å². The molecule has 0 aliphatic rings. The molecule has 3 aromatic rings. The zero-order valence-corrected chi connectivity index (χ0v) is 14.0. The average molecular weight is 332 g/mol. The van der Waals surface area contributed by atoms with Gasteiger partial charge in [0.15, 0.2) is 5.65 Å². The summed E-state index contributed by atoms with van der Waals surface area (Å²) in [5, 5.41) is 0. The van der Waals surface area contributed by atoms with Crippen LogP contribution in [0.15, 0.2) is 32.7 Å². The number of fused-ring (bicyclic) bond motifs is 1. The van der Waals surface area contributed by atoms with Crippen molar-refractivity contribution in [1.82, 2.24) is 19.1 Å². The van der Waals surface area contributed by atoms with Gasteiger partial charge in [0.25, 0.3) is 5.56 Å². The average Bonchev–Trinajstić information content (AvgIpc) is 3.02. The lowest BCUT2D eigenvalue weighted by atomic mass is 10.2. The molecule has 0 saturated carbocycles. The van der Waals surface area contributed by atoms with Gasteiger partial charge in [-0.3, -0.25) is 13.9 Å². The van der Waals surface area contributed by atoms with Gasteiger partial charge in [-0.05, 0) is 24.5 Å². The Balaban J connectivity index is 2.31. The van der Waals surface area contributed by atoms with E-state index in [9.17, 15) is 9.59 Å². The molecule has 0 saturated heterocycles. The smallest absolute Gasteiger partial charge is 0.332 e. The Morgan fingerprint density at radius 3 is 2.61 bits per heavy atom. The van der Waals surface area contributed by atoms with Crippen molar-refractivity contribution in [3.63, 3.8) is 0 Å². The number of nitrogens with zero attached hydrogens (tertiary/aromatic N) is 3. The van der Waals surface area contributed by atoms with E-state index >= 15 is 0 Å². The number of rotatable bonds is 3. The molecule has 0 unspecified atom stereocenters. The molecule has 0 amide bonds. The molecule has 0 aliphatic carbocycles. The van der Waals surface area contributed by atoms with E-state index in [0.717, 1.165) is 15.0 Å². The van der Waals surface area contributed by atoms with Crippen LogP contribution in [0.2, 0.25) is 0 Å². The highest BCUT2D eigenvalue weighted by Gasteiger charge is 2.16. The van der Waals surface area contributed by atoms with Crippen molar-refractivity contribution in [2.45, 2.75) is 4.90 Å². The molecule has 2 aromatic heterocycles. The van der Waals surface area contributed by atoms with E-state index in [0.29, 0.717) is 22.7 Å². The van der Waals surface area contributed by atoms with Gasteiger partial charge in [0, 0.05) is 19.0 Å². The van der Waals surface area contributed by atoms with Crippen molar-refractivity contribution in [2.75, 3.05) is 13.4 Å². The van der Waals surface area contributed by atoms with E-state index < -0.39 is 11.2 Å². The summed E-state index contributed by atoms with van der Waals surface area (Å²) >= 11 is 1.61. The number of hydrogen-bond donors (Lipinski definition) is 1. The number of H-pyrrole nitrogens is 1. The van der Waals surface area contributed by atoms with Crippen LogP contribution in [0.4, 0.5) is 0 Å². The Kier molecular flexibility index (Phi) is 3.77. The van der Waals surface area contributed by atoms with Crippen molar-refractivity contribution in [3.05, 3.63) is 39.0 Å². The summed E-state index contributed by atoms with van der Waals surface area (Å²) in [6.07, 6.45) is 1.98. The fourth-order valence-corrected chi connectivity index (χ4v) is 2.88. The minimum absolute atomic E-state index is 0.292. The van der Waals surface area contributed by atoms with Crippen molar-refractivity contribution in [3.8, 4) is 17.1 Å². The summed E-state index contributed by atoms with van der Waals surface area (Å²) < 4.78 is 7.82. The lowest BCUT2D eigenvalue weighted by Gasteiger charge is -2.07. The maximum Gasteiger partial charge on any atom is 0.332 e. The lowest BCUT2D eigenvalue weighted by Crippen LogP contribution is -2.36. The number of benzene rings is 1. The molecule has 0 fully saturated rings. The Morgan fingerprint density at radius 1 is 1.22 bits per heavy atom. The lowest BCUT2D eigenvalue weighted by molar-refractivity contribution is 0.415. The number of thioether (sulfide) groups is 1. The van der Waals surface area contributed by atoms with Gasteiger partial charge in [-0.1, -0.05) is 0 Å². The topological polar surface area (TPSA) is 81.9 Å². The van der Waals surface area contributed by atoms with Crippen molar-refractivity contribution < 1.29 is 4.74 Å². The monoisotopic (exact) mass is 332 g/mol. The predicted molar refractivity (Wildman–Crippen MR) is 90.3 cm³/mol. The first-order chi connectivity index (χ1) is 11.0. The number of aryl methyl sites for hydroxylation is 1. The number of methoxy groups -OCH3 is 1. The van der Waals surface area contributed by atoms with Crippen molar-refractivity contribution in [2.24, 2.45) is 14.1 Å². The normalized spacial score (nSPS) is 11.1. The van der Waals surface area contributed by atoms with Gasteiger partial charge in [0.2, 0.25) is 0 Å². The Bertz CT molecular complexity index is 1020. The Hall–Kier alpha value is -2.48. The van der Waals surface area contributed by atoms with E-state index in [1.165, 1.54) is 11.6 Å². The molecule has 2 heterocycles. The van der Waals surface area contributed by atoms with Crippen molar-refractivity contribution in [1.29, 1.82) is 0 Å². The summed E-state index contributed by atoms with van der Waals surface area (Å²) in [6.45, 7) is 0. The minimum atomic E-state index is -0.412. The van der Waals surface area contributed by atoms with E-state index in [2.05, 4.69) is 9.97 Å². The van der Waals surface area contributed by atoms with E-state index in [1.54, 1.807) is 25.9 Å². The van der Waals surface area contributed by atoms with Gasteiger partial charge in [-0.2, -0.15) is 0 Å². The third-order valence-electron chi connectivity index (χ3n) is 3.76. The van der Waals surface area contributed by atoms with Gasteiger partial charge >= 0.3 is 5.69 Å². The standard InChI is InChI=1S/C15H16N4O3S/c1-18-13-11(14(20)19(2)15(18)21)16-12(17-13)9-6-5-8(23-4)7-10(9)22-3/h5-7H,1-4H3,(H,16,17). The maximum absolute atomic E-state index is 12.2. The highest BCUT2D eigenvalue weighted by Crippen LogP contribution is 2.32. The van der Waals surface area contributed by atoms with Crippen LogP contribution in [0.5, 0.6) is 5.75 Å². The zero-order chi connectivity index (χ0) is 16.7. The number of aromatic amines is 1. The number of nitrogens with one attached hydrogen (secondary N) is 1. The fraction of sp³-hybridized carbons (Fsp3) is 0.267. The predicted octanol–water partition coefficient (Wildman–Crippen LogP) is 1.36. The number of aromatic nitrogens is 4. The SMILES string of the molecule is COc1cc(SC)ccc1-c1nc2c([nH]1)c(=O)n(C)c(=O)n2C. The molecule has 0 atom stereocenters. The minimum Gasteiger partial charge on any atom is -0.496 e. The first-order valence-corrected chi connectivity index (χ1v) is 8.08. The molecule has 0 spiro atoms. The number of hydrogen-bond acceptors (Lipinski definition) is 5. The van der Waals surface area contributed by atoms with Gasteiger partial charge in [0.05, 0.1) is 12.7 Å². The molecular weight excluding hydrogens is 316 g/mol. The number of imidazole rings is 1.